The molecule has 1 aromatic heterocycles. The molecule has 1 heterocycles. The van der Waals surface area contributed by atoms with Crippen LogP contribution in [-0.4, -0.2) is 16.1 Å². The summed E-state index contributed by atoms with van der Waals surface area (Å²) in [5.41, 5.74) is 3.38. The van der Waals surface area contributed by atoms with E-state index in [2.05, 4.69) is 4.98 Å². The van der Waals surface area contributed by atoms with Crippen molar-refractivity contribution in [2.24, 2.45) is 0 Å². The first-order valence-electron chi connectivity index (χ1n) is 5.07. The molecule has 4 nitrogen and oxygen atoms in total. The Bertz CT molecular complexity index is 682. The van der Waals surface area contributed by atoms with E-state index in [9.17, 15) is 22.4 Å². The van der Waals surface area contributed by atoms with Gasteiger partial charge in [0.2, 0.25) is 0 Å². The van der Waals surface area contributed by atoms with Crippen LogP contribution in [0.15, 0.2) is 18.2 Å². The number of benzene rings is 1. The highest BCUT2D eigenvalue weighted by atomic mass is 32.1. The Morgan fingerprint density at radius 3 is 2.50 bits per heavy atom. The van der Waals surface area contributed by atoms with Gasteiger partial charge in [0.05, 0.1) is 5.56 Å². The van der Waals surface area contributed by atoms with Gasteiger partial charge in [-0.1, -0.05) is 11.3 Å². The van der Waals surface area contributed by atoms with Crippen molar-refractivity contribution in [2.75, 3.05) is 5.73 Å². The molecular formula is C11H6F4N2O2S. The van der Waals surface area contributed by atoms with E-state index in [1.54, 1.807) is 0 Å². The number of thiazole rings is 1. The maximum Gasteiger partial charge on any atom is 0.416 e. The third kappa shape index (κ3) is 2.57. The summed E-state index contributed by atoms with van der Waals surface area (Å²) >= 11 is 0.608. The second-order valence-electron chi connectivity index (χ2n) is 3.73. The smallest absolute Gasteiger partial charge is 0.416 e. The van der Waals surface area contributed by atoms with E-state index >= 15 is 0 Å². The minimum atomic E-state index is -4.64. The number of aromatic nitrogens is 1. The molecule has 2 aromatic rings. The first-order chi connectivity index (χ1) is 9.20. The maximum atomic E-state index is 13.6. The fraction of sp³-hybridized carbons (Fsp3) is 0.0909. The van der Waals surface area contributed by atoms with Crippen molar-refractivity contribution in [2.45, 2.75) is 6.18 Å². The van der Waals surface area contributed by atoms with Gasteiger partial charge in [0.1, 0.15) is 15.8 Å². The zero-order valence-electron chi connectivity index (χ0n) is 9.53. The lowest BCUT2D eigenvalue weighted by Gasteiger charge is -2.08. The Kier molecular flexibility index (Phi) is 3.38. The van der Waals surface area contributed by atoms with Crippen molar-refractivity contribution < 1.29 is 27.5 Å². The Hall–Kier alpha value is -2.16. The van der Waals surface area contributed by atoms with E-state index < -0.39 is 34.8 Å². The zero-order valence-corrected chi connectivity index (χ0v) is 10.3. The average molecular weight is 306 g/mol. The number of nitrogens with two attached hydrogens (primary N) is 1. The van der Waals surface area contributed by atoms with Gasteiger partial charge in [-0.25, -0.2) is 14.2 Å². The normalized spacial score (nSPS) is 11.6. The largest absolute Gasteiger partial charge is 0.476 e. The van der Waals surface area contributed by atoms with Gasteiger partial charge in [0, 0.05) is 5.56 Å². The minimum Gasteiger partial charge on any atom is -0.476 e. The number of rotatable bonds is 2. The lowest BCUT2D eigenvalue weighted by Crippen LogP contribution is -2.05. The number of hydrogen-bond acceptors (Lipinski definition) is 4. The summed E-state index contributed by atoms with van der Waals surface area (Å²) in [4.78, 5) is 14.3. The van der Waals surface area contributed by atoms with Gasteiger partial charge >= 0.3 is 12.1 Å². The number of carboxylic acids is 1. The maximum absolute atomic E-state index is 13.6. The Labute approximate surface area is 113 Å². The highest BCUT2D eigenvalue weighted by Gasteiger charge is 2.31. The summed E-state index contributed by atoms with van der Waals surface area (Å²) in [6.07, 6.45) is -4.64. The molecule has 1 aromatic carbocycles. The molecule has 0 fully saturated rings. The molecule has 0 spiro atoms. The Balaban J connectivity index is 2.57. The zero-order chi connectivity index (χ0) is 15.1. The number of aromatic carboxylic acids is 1. The van der Waals surface area contributed by atoms with Gasteiger partial charge in [-0.15, -0.1) is 0 Å². The molecular weight excluding hydrogens is 300 g/mol. The van der Waals surface area contributed by atoms with Gasteiger partial charge in [0.15, 0.2) is 5.69 Å². The number of nitrogens with zero attached hydrogens (tertiary/aromatic N) is 1. The van der Waals surface area contributed by atoms with Crippen molar-refractivity contribution in [1.82, 2.24) is 4.98 Å². The van der Waals surface area contributed by atoms with Crippen LogP contribution in [0.25, 0.3) is 10.6 Å². The van der Waals surface area contributed by atoms with Gasteiger partial charge in [-0.2, -0.15) is 13.2 Å². The van der Waals surface area contributed by atoms with Crippen molar-refractivity contribution in [3.05, 3.63) is 35.3 Å². The number of carbonyl (C=O) groups is 1. The molecule has 0 aliphatic carbocycles. The monoisotopic (exact) mass is 306 g/mol. The van der Waals surface area contributed by atoms with E-state index in [-0.39, 0.29) is 10.0 Å². The summed E-state index contributed by atoms with van der Waals surface area (Å²) in [6, 6.07) is 1.81. The standard InChI is InChI=1S/C11H6F4N2O2S/c12-6-2-1-4(11(13,14)15)3-5(6)9-17-7(10(18)19)8(16)20-9/h1-3H,16H2,(H,18,19). The third-order valence-electron chi connectivity index (χ3n) is 2.38. The molecule has 0 saturated heterocycles. The topological polar surface area (TPSA) is 76.2 Å². The van der Waals surface area contributed by atoms with Crippen molar-refractivity contribution in [1.29, 1.82) is 0 Å². The van der Waals surface area contributed by atoms with Crippen LogP contribution in [0.3, 0.4) is 0 Å². The van der Waals surface area contributed by atoms with Gasteiger partial charge in [0.25, 0.3) is 0 Å². The van der Waals surface area contributed by atoms with Crippen LogP contribution in [0, 0.1) is 5.82 Å². The lowest BCUT2D eigenvalue weighted by atomic mass is 10.1. The lowest BCUT2D eigenvalue weighted by molar-refractivity contribution is -0.137. The molecule has 0 aliphatic heterocycles. The fourth-order valence-corrected chi connectivity index (χ4v) is 2.31. The number of halogens is 4. The van der Waals surface area contributed by atoms with Crippen LogP contribution in [0.2, 0.25) is 0 Å². The number of carboxylic acid groups (broad SMARTS) is 1. The first kappa shape index (κ1) is 14.3. The van der Waals surface area contributed by atoms with Crippen LogP contribution < -0.4 is 5.73 Å². The molecule has 0 aliphatic rings. The van der Waals surface area contributed by atoms with Crippen LogP contribution in [0.5, 0.6) is 0 Å². The molecule has 20 heavy (non-hydrogen) atoms. The minimum absolute atomic E-state index is 0.204. The van der Waals surface area contributed by atoms with Crippen molar-refractivity contribution in [3.8, 4) is 10.6 Å². The average Bonchev–Trinajstić information content (AvgIpc) is 2.70. The van der Waals surface area contributed by atoms with E-state index in [0.29, 0.717) is 29.5 Å². The van der Waals surface area contributed by atoms with E-state index in [4.69, 9.17) is 10.8 Å². The summed E-state index contributed by atoms with van der Waals surface area (Å²) in [6.45, 7) is 0. The summed E-state index contributed by atoms with van der Waals surface area (Å²) in [7, 11) is 0. The predicted molar refractivity (Wildman–Crippen MR) is 63.9 cm³/mol. The molecule has 0 bridgehead atoms. The van der Waals surface area contributed by atoms with Crippen LogP contribution in [-0.2, 0) is 6.18 Å². The van der Waals surface area contributed by atoms with E-state index in [0.717, 1.165) is 0 Å². The molecule has 9 heteroatoms. The molecule has 0 radical (unpaired) electrons. The van der Waals surface area contributed by atoms with Crippen LogP contribution >= 0.6 is 11.3 Å². The van der Waals surface area contributed by atoms with E-state index in [1.807, 2.05) is 0 Å². The highest BCUT2D eigenvalue weighted by molar-refractivity contribution is 7.19. The molecule has 106 valence electrons. The molecule has 0 atom stereocenters. The summed E-state index contributed by atoms with van der Waals surface area (Å²) < 4.78 is 51.3. The molecule has 0 saturated carbocycles. The quantitative estimate of drug-likeness (QED) is 0.835. The summed E-state index contributed by atoms with van der Waals surface area (Å²) in [5, 5.41) is 8.35. The van der Waals surface area contributed by atoms with Crippen LogP contribution in [0.1, 0.15) is 16.1 Å². The third-order valence-corrected chi connectivity index (χ3v) is 3.30. The first-order valence-corrected chi connectivity index (χ1v) is 5.88. The van der Waals surface area contributed by atoms with E-state index in [1.165, 1.54) is 0 Å². The second-order valence-corrected chi connectivity index (χ2v) is 4.76. The number of alkyl halides is 3. The van der Waals surface area contributed by atoms with Crippen LogP contribution in [0.4, 0.5) is 22.6 Å². The molecule has 0 unspecified atom stereocenters. The molecule has 2 rings (SSSR count). The van der Waals surface area contributed by atoms with Gasteiger partial charge in [-0.3, -0.25) is 0 Å². The predicted octanol–water partition coefficient (Wildman–Crippen LogP) is 3.25. The van der Waals surface area contributed by atoms with Gasteiger partial charge < -0.3 is 10.8 Å². The van der Waals surface area contributed by atoms with Gasteiger partial charge in [-0.05, 0) is 18.2 Å². The number of anilines is 1. The second kappa shape index (κ2) is 4.75. The highest BCUT2D eigenvalue weighted by Crippen LogP contribution is 2.36. The summed E-state index contributed by atoms with van der Waals surface area (Å²) in [5.74, 6) is -2.37. The number of nitrogen functional groups attached to an aromatic ring is 1. The number of hydrogen-bond donors (Lipinski definition) is 2. The molecule has 3 N–H and O–H groups in total. The molecule has 0 amide bonds. The Morgan fingerprint density at radius 2 is 2.00 bits per heavy atom. The SMILES string of the molecule is Nc1sc(-c2cc(C(F)(F)F)ccc2F)nc1C(=O)O. The van der Waals surface area contributed by atoms with Crippen molar-refractivity contribution in [3.63, 3.8) is 0 Å². The Morgan fingerprint density at radius 1 is 1.35 bits per heavy atom. The fourth-order valence-electron chi connectivity index (χ4n) is 1.47. The van der Waals surface area contributed by atoms with Crippen molar-refractivity contribution >= 4 is 22.3 Å².